The lowest BCUT2D eigenvalue weighted by molar-refractivity contribution is 2.06. The second-order valence-electron chi connectivity index (χ2n) is 1.80. The average molecular weight is 209 g/mol. The average Bonchev–Trinajstić information content (AvgIpc) is 2.38. The Morgan fingerprint density at radius 3 is 2.70 bits per heavy atom. The van der Waals surface area contributed by atoms with Crippen LogP contribution in [-0.4, -0.2) is 6.69 Å². The molecule has 0 aliphatic carbocycles. The lowest BCUT2D eigenvalue weighted by Gasteiger charge is -2.06. The summed E-state index contributed by atoms with van der Waals surface area (Å²) in [7, 11) is 0. The van der Waals surface area contributed by atoms with Gasteiger partial charge in [0.1, 0.15) is 0 Å². The number of rotatable bonds is 2. The minimum Gasteiger partial charge on any atom is -0.150 e. The van der Waals surface area contributed by atoms with Gasteiger partial charge in [0.2, 0.25) is 0 Å². The summed E-state index contributed by atoms with van der Waals surface area (Å²) in [5.41, 5.74) is 1.65. The summed E-state index contributed by atoms with van der Waals surface area (Å²) in [6.07, 6.45) is 0. The molecule has 0 amide bonds. The van der Waals surface area contributed by atoms with Gasteiger partial charge in [-0.25, -0.2) is 0 Å². The molecule has 0 radical (unpaired) electrons. The SMILES string of the molecule is C=C[Si](Cl)(Cl)c1cccs1. The number of hydrogen-bond acceptors (Lipinski definition) is 1. The van der Waals surface area contributed by atoms with Crippen LogP contribution in [0, 0.1) is 0 Å². The lowest BCUT2D eigenvalue weighted by atomic mass is 10.7. The third-order valence-corrected chi connectivity index (χ3v) is 7.26. The molecule has 0 spiro atoms. The smallest absolute Gasteiger partial charge is 0.150 e. The van der Waals surface area contributed by atoms with E-state index >= 15 is 0 Å². The summed E-state index contributed by atoms with van der Waals surface area (Å²) in [5.74, 6) is 0. The van der Waals surface area contributed by atoms with E-state index in [1.54, 1.807) is 17.0 Å². The van der Waals surface area contributed by atoms with E-state index < -0.39 is 6.69 Å². The van der Waals surface area contributed by atoms with Gasteiger partial charge in [0.05, 0.1) is 0 Å². The van der Waals surface area contributed by atoms with Gasteiger partial charge in [-0.05, 0) is 11.4 Å². The Labute approximate surface area is 74.5 Å². The van der Waals surface area contributed by atoms with Gasteiger partial charge in [0.25, 0.3) is 0 Å². The second kappa shape index (κ2) is 3.09. The topological polar surface area (TPSA) is 0 Å². The second-order valence-corrected chi connectivity index (χ2v) is 9.46. The van der Waals surface area contributed by atoms with Crippen molar-refractivity contribution in [3.8, 4) is 0 Å². The molecular weight excluding hydrogens is 203 g/mol. The highest BCUT2D eigenvalue weighted by molar-refractivity contribution is 7.58. The molecule has 1 aromatic rings. The summed E-state index contributed by atoms with van der Waals surface area (Å²) < 4.78 is 1.05. The molecule has 0 nitrogen and oxygen atoms in total. The first-order chi connectivity index (χ1) is 4.67. The monoisotopic (exact) mass is 208 g/mol. The normalized spacial score (nSPS) is 11.4. The maximum absolute atomic E-state index is 5.98. The van der Waals surface area contributed by atoms with Crippen LogP contribution in [0.2, 0.25) is 0 Å². The molecular formula is C6H6Cl2SSi. The maximum atomic E-state index is 5.98. The summed E-state index contributed by atoms with van der Waals surface area (Å²) in [6, 6.07) is 3.88. The molecule has 10 heavy (non-hydrogen) atoms. The molecule has 0 bridgehead atoms. The predicted octanol–water partition coefficient (Wildman–Crippen LogP) is 2.60. The largest absolute Gasteiger partial charge is 0.312 e. The van der Waals surface area contributed by atoms with Crippen LogP contribution in [0.15, 0.2) is 29.8 Å². The van der Waals surface area contributed by atoms with Crippen molar-refractivity contribution in [2.45, 2.75) is 0 Å². The van der Waals surface area contributed by atoms with Crippen LogP contribution >= 0.6 is 33.5 Å². The van der Waals surface area contributed by atoms with E-state index in [1.165, 1.54) is 0 Å². The molecule has 0 fully saturated rings. The van der Waals surface area contributed by atoms with Crippen molar-refractivity contribution in [1.82, 2.24) is 0 Å². The Hall–Kier alpha value is 0.237. The van der Waals surface area contributed by atoms with Gasteiger partial charge in [-0.3, -0.25) is 0 Å². The summed E-state index contributed by atoms with van der Waals surface area (Å²) in [6.45, 7) is 1.32. The molecule has 1 aromatic heterocycles. The highest BCUT2D eigenvalue weighted by atomic mass is 35.7. The van der Waals surface area contributed by atoms with E-state index in [0.29, 0.717) is 0 Å². The summed E-state index contributed by atoms with van der Waals surface area (Å²) >= 11 is 13.5. The van der Waals surface area contributed by atoms with Crippen LogP contribution in [0.1, 0.15) is 0 Å². The van der Waals surface area contributed by atoms with Gasteiger partial charge in [0, 0.05) is 4.50 Å². The first kappa shape index (κ1) is 8.33. The van der Waals surface area contributed by atoms with Crippen molar-refractivity contribution >= 4 is 44.7 Å². The number of thiophene rings is 1. The third kappa shape index (κ3) is 1.64. The molecule has 0 aliphatic rings. The van der Waals surface area contributed by atoms with E-state index in [9.17, 15) is 0 Å². The van der Waals surface area contributed by atoms with Crippen molar-refractivity contribution in [2.75, 3.05) is 0 Å². The Kier molecular flexibility index (Phi) is 2.58. The van der Waals surface area contributed by atoms with Gasteiger partial charge in [-0.2, -0.15) is 11.3 Å². The Morgan fingerprint density at radius 1 is 1.60 bits per heavy atom. The van der Waals surface area contributed by atoms with E-state index in [4.69, 9.17) is 22.2 Å². The van der Waals surface area contributed by atoms with Crippen LogP contribution < -0.4 is 4.50 Å². The fraction of sp³-hybridized carbons (Fsp3) is 0. The minimum atomic E-state index is -2.27. The Balaban J connectivity index is 2.95. The molecule has 0 saturated carbocycles. The Bertz CT molecular complexity index is 218. The summed E-state index contributed by atoms with van der Waals surface area (Å²) in [5, 5.41) is 1.96. The predicted molar refractivity (Wildman–Crippen MR) is 51.6 cm³/mol. The van der Waals surface area contributed by atoms with Gasteiger partial charge in [-0.1, -0.05) is 11.8 Å². The van der Waals surface area contributed by atoms with Crippen molar-refractivity contribution in [2.24, 2.45) is 0 Å². The summed E-state index contributed by atoms with van der Waals surface area (Å²) in [4.78, 5) is 0. The quantitative estimate of drug-likeness (QED) is 0.518. The molecule has 0 N–H and O–H groups in total. The molecule has 0 aromatic carbocycles. The first-order valence-corrected chi connectivity index (χ1v) is 7.70. The van der Waals surface area contributed by atoms with E-state index in [-0.39, 0.29) is 0 Å². The zero-order chi connectivity index (χ0) is 7.61. The molecule has 1 heterocycles. The van der Waals surface area contributed by atoms with Crippen molar-refractivity contribution in [3.05, 3.63) is 29.8 Å². The van der Waals surface area contributed by atoms with Gasteiger partial charge in [-0.15, -0.1) is 28.7 Å². The van der Waals surface area contributed by atoms with E-state index in [2.05, 4.69) is 6.58 Å². The minimum absolute atomic E-state index is 1.05. The fourth-order valence-electron chi connectivity index (χ4n) is 0.569. The van der Waals surface area contributed by atoms with Crippen LogP contribution in [0.25, 0.3) is 0 Å². The highest BCUT2D eigenvalue weighted by Gasteiger charge is 2.27. The molecule has 0 aliphatic heterocycles. The molecule has 0 saturated heterocycles. The highest BCUT2D eigenvalue weighted by Crippen LogP contribution is 2.17. The van der Waals surface area contributed by atoms with Gasteiger partial charge < -0.3 is 0 Å². The lowest BCUT2D eigenvalue weighted by Crippen LogP contribution is -2.31. The van der Waals surface area contributed by atoms with Crippen molar-refractivity contribution < 1.29 is 0 Å². The van der Waals surface area contributed by atoms with E-state index in [1.807, 2.05) is 17.5 Å². The van der Waals surface area contributed by atoms with Crippen LogP contribution in [0.3, 0.4) is 0 Å². The van der Waals surface area contributed by atoms with E-state index in [0.717, 1.165) is 4.50 Å². The zero-order valence-electron chi connectivity index (χ0n) is 5.18. The molecule has 4 heteroatoms. The third-order valence-electron chi connectivity index (χ3n) is 1.11. The van der Waals surface area contributed by atoms with Crippen LogP contribution in [0.5, 0.6) is 0 Å². The van der Waals surface area contributed by atoms with Gasteiger partial charge >= 0.3 is 6.69 Å². The fourth-order valence-corrected chi connectivity index (χ4v) is 3.81. The van der Waals surface area contributed by atoms with Gasteiger partial charge in [0.15, 0.2) is 0 Å². The molecule has 0 unspecified atom stereocenters. The van der Waals surface area contributed by atoms with Crippen molar-refractivity contribution in [3.63, 3.8) is 0 Å². The molecule has 1 rings (SSSR count). The molecule has 54 valence electrons. The molecule has 0 atom stereocenters. The Morgan fingerprint density at radius 2 is 2.30 bits per heavy atom. The van der Waals surface area contributed by atoms with Crippen LogP contribution in [0.4, 0.5) is 0 Å². The van der Waals surface area contributed by atoms with Crippen LogP contribution in [-0.2, 0) is 0 Å². The van der Waals surface area contributed by atoms with Crippen molar-refractivity contribution in [1.29, 1.82) is 0 Å². The number of halogens is 2. The maximum Gasteiger partial charge on any atom is 0.312 e. The first-order valence-electron chi connectivity index (χ1n) is 2.72. The number of hydrogen-bond donors (Lipinski definition) is 0. The zero-order valence-corrected chi connectivity index (χ0v) is 8.51. The standard InChI is InChI=1S/C6H6Cl2SSi/c1-2-10(7,8)6-4-3-5-9-6/h2-5H,1H2.